The lowest BCUT2D eigenvalue weighted by Crippen LogP contribution is -2.60. The first-order valence-electron chi connectivity index (χ1n) is 5.09. The molecule has 0 bridgehead atoms. The van der Waals surface area contributed by atoms with E-state index in [9.17, 15) is 9.90 Å². The fourth-order valence-electron chi connectivity index (χ4n) is 2.85. The molecule has 0 aromatic heterocycles. The molecule has 1 aliphatic carbocycles. The minimum Gasteiger partial charge on any atom is -0.362 e. The maximum absolute atomic E-state index is 11.9. The van der Waals surface area contributed by atoms with Gasteiger partial charge in [0.25, 0.3) is 0 Å². The van der Waals surface area contributed by atoms with E-state index in [1.54, 1.807) is 13.0 Å². The predicted octanol–water partition coefficient (Wildman–Crippen LogP) is 0.398. The highest BCUT2D eigenvalue weighted by Crippen LogP contribution is 2.67. The van der Waals surface area contributed by atoms with E-state index in [-0.39, 0.29) is 12.4 Å². The third-order valence-electron chi connectivity index (χ3n) is 3.99. The number of epoxide rings is 1. The van der Waals surface area contributed by atoms with Crippen LogP contribution in [0.15, 0.2) is 12.2 Å². The monoisotopic (exact) mass is 210 g/mol. The lowest BCUT2D eigenvalue weighted by molar-refractivity contribution is -0.274. The Kier molecular flexibility index (Phi) is 1.30. The number of rotatable bonds is 0. The van der Waals surface area contributed by atoms with Crippen molar-refractivity contribution in [3.05, 3.63) is 12.2 Å². The zero-order chi connectivity index (χ0) is 11.1. The van der Waals surface area contributed by atoms with Crippen LogP contribution in [0, 0.1) is 5.41 Å². The van der Waals surface area contributed by atoms with Crippen molar-refractivity contribution in [3.63, 3.8) is 0 Å². The van der Waals surface area contributed by atoms with Crippen molar-refractivity contribution in [1.29, 1.82) is 0 Å². The number of carbonyl (C=O) groups is 1. The van der Waals surface area contributed by atoms with Gasteiger partial charge in [0.2, 0.25) is 11.4 Å². The molecular formula is C11H14O4. The molecule has 0 unspecified atom stereocenters. The average Bonchev–Trinajstić information content (AvgIpc) is 2.71. The second-order valence-electron chi connectivity index (χ2n) is 5.37. The third-order valence-corrected chi connectivity index (χ3v) is 3.99. The van der Waals surface area contributed by atoms with E-state index in [0.29, 0.717) is 0 Å². The minimum atomic E-state index is -1.53. The topological polar surface area (TPSA) is 59.1 Å². The summed E-state index contributed by atoms with van der Waals surface area (Å²) in [5.41, 5.74) is -2.44. The van der Waals surface area contributed by atoms with Crippen LogP contribution < -0.4 is 0 Å². The molecule has 4 heteroatoms. The maximum Gasteiger partial charge on any atom is 0.216 e. The molecule has 0 amide bonds. The van der Waals surface area contributed by atoms with Gasteiger partial charge in [0.1, 0.15) is 5.60 Å². The Labute approximate surface area is 87.9 Å². The largest absolute Gasteiger partial charge is 0.362 e. The van der Waals surface area contributed by atoms with Crippen LogP contribution in [0.2, 0.25) is 0 Å². The lowest BCUT2D eigenvalue weighted by Gasteiger charge is -2.43. The number of ketones is 1. The number of carbonyl (C=O) groups excluding carboxylic acids is 1. The second kappa shape index (κ2) is 2.05. The van der Waals surface area contributed by atoms with E-state index in [0.717, 1.165) is 0 Å². The summed E-state index contributed by atoms with van der Waals surface area (Å²) in [6.45, 7) is 5.74. The summed E-state index contributed by atoms with van der Waals surface area (Å²) in [4.78, 5) is 11.9. The van der Waals surface area contributed by atoms with Gasteiger partial charge in [-0.3, -0.25) is 4.79 Å². The Morgan fingerprint density at radius 2 is 2.07 bits per heavy atom. The molecule has 2 fully saturated rings. The van der Waals surface area contributed by atoms with Crippen molar-refractivity contribution in [2.45, 2.75) is 37.8 Å². The van der Waals surface area contributed by atoms with Crippen molar-refractivity contribution < 1.29 is 19.4 Å². The van der Waals surface area contributed by atoms with Gasteiger partial charge in [-0.15, -0.1) is 0 Å². The Morgan fingerprint density at radius 3 is 2.60 bits per heavy atom. The van der Waals surface area contributed by atoms with Crippen molar-refractivity contribution in [3.8, 4) is 0 Å². The molecule has 3 aliphatic rings. The predicted molar refractivity (Wildman–Crippen MR) is 51.1 cm³/mol. The molecule has 1 N–H and O–H groups in total. The van der Waals surface area contributed by atoms with Crippen LogP contribution in [0.4, 0.5) is 0 Å². The summed E-state index contributed by atoms with van der Waals surface area (Å²) >= 11 is 0. The fourth-order valence-corrected chi connectivity index (χ4v) is 2.85. The molecule has 0 radical (unpaired) electrons. The van der Waals surface area contributed by atoms with E-state index in [1.165, 1.54) is 6.08 Å². The highest BCUT2D eigenvalue weighted by Gasteiger charge is 2.89. The molecule has 2 saturated heterocycles. The normalized spacial score (nSPS) is 55.1. The highest BCUT2D eigenvalue weighted by molar-refractivity contribution is 6.03. The van der Waals surface area contributed by atoms with Crippen molar-refractivity contribution in [2.75, 3.05) is 6.61 Å². The van der Waals surface area contributed by atoms with Crippen molar-refractivity contribution in [2.24, 2.45) is 5.41 Å². The SMILES string of the molecule is CC1(C)C=CC(=O)[C@@]23O[C@]2(C)CO[C@@]13O. The molecule has 0 aromatic carbocycles. The van der Waals surface area contributed by atoms with Gasteiger partial charge in [-0.05, 0) is 13.0 Å². The molecule has 15 heavy (non-hydrogen) atoms. The molecule has 3 atom stereocenters. The van der Waals surface area contributed by atoms with Crippen LogP contribution in [-0.2, 0) is 14.3 Å². The summed E-state index contributed by atoms with van der Waals surface area (Å²) in [6.07, 6.45) is 3.18. The summed E-state index contributed by atoms with van der Waals surface area (Å²) in [7, 11) is 0. The van der Waals surface area contributed by atoms with Gasteiger partial charge in [-0.1, -0.05) is 19.9 Å². The number of aliphatic hydroxyl groups is 1. The Bertz CT molecular complexity index is 399. The highest BCUT2D eigenvalue weighted by atomic mass is 16.8. The number of hydrogen-bond donors (Lipinski definition) is 1. The lowest BCUT2D eigenvalue weighted by atomic mass is 9.68. The van der Waals surface area contributed by atoms with Crippen LogP contribution in [0.3, 0.4) is 0 Å². The molecule has 0 aromatic rings. The maximum atomic E-state index is 11.9. The van der Waals surface area contributed by atoms with Gasteiger partial charge >= 0.3 is 0 Å². The van der Waals surface area contributed by atoms with E-state index >= 15 is 0 Å². The molecule has 2 aliphatic heterocycles. The Morgan fingerprint density at radius 1 is 1.40 bits per heavy atom. The van der Waals surface area contributed by atoms with Gasteiger partial charge < -0.3 is 14.6 Å². The zero-order valence-corrected chi connectivity index (χ0v) is 9.03. The Balaban J connectivity index is 2.23. The van der Waals surface area contributed by atoms with Gasteiger partial charge in [0.05, 0.1) is 6.61 Å². The fraction of sp³-hybridized carbons (Fsp3) is 0.727. The van der Waals surface area contributed by atoms with Crippen LogP contribution in [0.5, 0.6) is 0 Å². The van der Waals surface area contributed by atoms with E-state index in [4.69, 9.17) is 9.47 Å². The van der Waals surface area contributed by atoms with Crippen LogP contribution >= 0.6 is 0 Å². The average molecular weight is 210 g/mol. The first-order chi connectivity index (χ1) is 6.79. The molecule has 0 saturated carbocycles. The molecule has 1 spiro atoms. The van der Waals surface area contributed by atoms with E-state index in [2.05, 4.69) is 0 Å². The van der Waals surface area contributed by atoms with Crippen molar-refractivity contribution >= 4 is 5.78 Å². The quantitative estimate of drug-likeness (QED) is 0.588. The number of ether oxygens (including phenoxy) is 2. The molecule has 82 valence electrons. The van der Waals surface area contributed by atoms with Crippen LogP contribution in [0.1, 0.15) is 20.8 Å². The molecule has 4 nitrogen and oxygen atoms in total. The molecule has 3 rings (SSSR count). The summed E-state index contributed by atoms with van der Waals surface area (Å²) in [5.74, 6) is -1.72. The van der Waals surface area contributed by atoms with Crippen LogP contribution in [0.25, 0.3) is 0 Å². The summed E-state index contributed by atoms with van der Waals surface area (Å²) in [5, 5.41) is 10.6. The third kappa shape index (κ3) is 0.697. The molecule has 2 heterocycles. The smallest absolute Gasteiger partial charge is 0.216 e. The van der Waals surface area contributed by atoms with Crippen LogP contribution in [-0.4, -0.2) is 34.5 Å². The van der Waals surface area contributed by atoms with E-state index in [1.807, 2.05) is 13.8 Å². The van der Waals surface area contributed by atoms with Crippen molar-refractivity contribution in [1.82, 2.24) is 0 Å². The second-order valence-corrected chi connectivity index (χ2v) is 5.37. The first kappa shape index (κ1) is 9.51. The van der Waals surface area contributed by atoms with Gasteiger partial charge in [-0.25, -0.2) is 0 Å². The number of hydrogen-bond acceptors (Lipinski definition) is 4. The first-order valence-corrected chi connectivity index (χ1v) is 5.09. The standard InChI is InChI=1S/C11H14O4/c1-8(2)5-4-7(12)10-9(3,15-10)6-14-11(8,10)13/h4-5,13H,6H2,1-3H3/t9-,10-,11+/m1/s1. The van der Waals surface area contributed by atoms with Gasteiger partial charge in [0, 0.05) is 5.41 Å². The molecular weight excluding hydrogens is 196 g/mol. The van der Waals surface area contributed by atoms with Gasteiger partial charge in [-0.2, -0.15) is 0 Å². The van der Waals surface area contributed by atoms with Gasteiger partial charge in [0.15, 0.2) is 5.78 Å². The zero-order valence-electron chi connectivity index (χ0n) is 9.03. The summed E-state index contributed by atoms with van der Waals surface area (Å²) < 4.78 is 11.0. The summed E-state index contributed by atoms with van der Waals surface area (Å²) in [6, 6.07) is 0. The Hall–Kier alpha value is -0.710. The van der Waals surface area contributed by atoms with E-state index < -0.39 is 22.4 Å². The minimum absolute atomic E-state index is 0.190.